The number of nitrogens with zero attached hydrogens (tertiary/aromatic N) is 5. The molecule has 11 rings (SSSR count). The van der Waals surface area contributed by atoms with Crippen molar-refractivity contribution in [3.05, 3.63) is 177 Å². The Kier molecular flexibility index (Phi) is 6.79. The third kappa shape index (κ3) is 4.90. The van der Waals surface area contributed by atoms with E-state index in [0.717, 1.165) is 72.3 Å². The molecule has 5 nitrogen and oxygen atoms in total. The van der Waals surface area contributed by atoms with Gasteiger partial charge in [0.2, 0.25) is 0 Å². The van der Waals surface area contributed by atoms with Crippen LogP contribution in [-0.4, -0.2) is 24.9 Å². The van der Waals surface area contributed by atoms with E-state index in [9.17, 15) is 0 Å². The molecular weight excluding hydrogens is 659 g/mol. The van der Waals surface area contributed by atoms with Crippen LogP contribution in [0.25, 0.3) is 110 Å². The maximum Gasteiger partial charge on any atom is 0.0972 e. The first kappa shape index (κ1) is 30.3. The van der Waals surface area contributed by atoms with Crippen molar-refractivity contribution in [2.24, 2.45) is 0 Å². The van der Waals surface area contributed by atoms with Crippen LogP contribution in [0.3, 0.4) is 0 Å². The summed E-state index contributed by atoms with van der Waals surface area (Å²) in [6.45, 7) is 0. The smallest absolute Gasteiger partial charge is 0.0972 e. The maximum absolute atomic E-state index is 5.37. The summed E-state index contributed by atoms with van der Waals surface area (Å²) < 4.78 is 0. The van der Waals surface area contributed by atoms with E-state index in [1.165, 1.54) is 37.9 Å². The van der Waals surface area contributed by atoms with Crippen molar-refractivity contribution in [3.63, 3.8) is 0 Å². The summed E-state index contributed by atoms with van der Waals surface area (Å²) in [7, 11) is 0. The average molecular weight is 688 g/mol. The predicted molar refractivity (Wildman–Crippen MR) is 221 cm³/mol. The lowest BCUT2D eigenvalue weighted by Crippen LogP contribution is -1.93. The largest absolute Gasteiger partial charge is 0.265 e. The number of hydrogen-bond donors (Lipinski definition) is 0. The highest BCUT2D eigenvalue weighted by molar-refractivity contribution is 6.27. The zero-order valence-corrected chi connectivity index (χ0v) is 29.0. The fourth-order valence-corrected chi connectivity index (χ4v) is 7.99. The molecule has 0 aliphatic heterocycles. The Balaban J connectivity index is 1.04. The lowest BCUT2D eigenvalue weighted by Gasteiger charge is -2.16. The van der Waals surface area contributed by atoms with Crippen molar-refractivity contribution in [3.8, 4) is 56.0 Å². The summed E-state index contributed by atoms with van der Waals surface area (Å²) in [5.74, 6) is 0. The predicted octanol–water partition coefficient (Wildman–Crippen LogP) is 12.2. The topological polar surface area (TPSA) is 64.5 Å². The van der Waals surface area contributed by atoms with Crippen LogP contribution in [-0.2, 0) is 0 Å². The highest BCUT2D eigenvalue weighted by atomic mass is 14.8. The number of rotatable bonds is 5. The highest BCUT2D eigenvalue weighted by Gasteiger charge is 2.17. The van der Waals surface area contributed by atoms with Crippen LogP contribution in [0.4, 0.5) is 0 Å². The summed E-state index contributed by atoms with van der Waals surface area (Å²) in [5, 5.41) is 9.45. The first-order chi connectivity index (χ1) is 26.7. The minimum Gasteiger partial charge on any atom is -0.265 e. The van der Waals surface area contributed by atoms with E-state index in [4.69, 9.17) is 15.0 Å². The Labute approximate surface area is 310 Å². The van der Waals surface area contributed by atoms with Gasteiger partial charge in [-0.1, -0.05) is 103 Å². The van der Waals surface area contributed by atoms with Crippen LogP contribution in [0.1, 0.15) is 0 Å². The van der Waals surface area contributed by atoms with E-state index < -0.39 is 0 Å². The van der Waals surface area contributed by atoms with Gasteiger partial charge in [-0.3, -0.25) is 15.0 Å². The average Bonchev–Trinajstić information content (AvgIpc) is 3.25. The molecule has 0 bridgehead atoms. The van der Waals surface area contributed by atoms with E-state index in [0.29, 0.717) is 0 Å². The molecule has 5 heteroatoms. The Morgan fingerprint density at radius 2 is 0.944 bits per heavy atom. The molecule has 250 valence electrons. The van der Waals surface area contributed by atoms with Crippen molar-refractivity contribution in [2.75, 3.05) is 0 Å². The van der Waals surface area contributed by atoms with Crippen molar-refractivity contribution >= 4 is 54.1 Å². The fraction of sp³-hybridized carbons (Fsp3) is 0. The molecule has 0 atom stereocenters. The lowest BCUT2D eigenvalue weighted by atomic mass is 9.88. The van der Waals surface area contributed by atoms with Crippen LogP contribution in [0.15, 0.2) is 177 Å². The summed E-state index contributed by atoms with van der Waals surface area (Å²) in [5.41, 5.74) is 12.2. The monoisotopic (exact) mass is 687 g/mol. The van der Waals surface area contributed by atoms with Gasteiger partial charge in [0.1, 0.15) is 0 Å². The van der Waals surface area contributed by atoms with Gasteiger partial charge in [-0.15, -0.1) is 0 Å². The van der Waals surface area contributed by atoms with Gasteiger partial charge in [0.25, 0.3) is 0 Å². The van der Waals surface area contributed by atoms with Crippen LogP contribution in [0.5, 0.6) is 0 Å². The molecule has 0 aliphatic rings. The second kappa shape index (κ2) is 12.1. The van der Waals surface area contributed by atoms with E-state index in [1.807, 2.05) is 30.6 Å². The zero-order valence-electron chi connectivity index (χ0n) is 29.0. The molecule has 0 radical (unpaired) electrons. The molecule has 6 aromatic carbocycles. The Hall–Kier alpha value is -7.37. The summed E-state index contributed by atoms with van der Waals surface area (Å²) in [6.07, 6.45) is 9.27. The van der Waals surface area contributed by atoms with E-state index in [1.54, 1.807) is 18.6 Å². The zero-order chi connectivity index (χ0) is 35.6. The molecular formula is C49H29N5. The van der Waals surface area contributed by atoms with Gasteiger partial charge in [-0.25, -0.2) is 9.97 Å². The molecule has 5 heterocycles. The van der Waals surface area contributed by atoms with Crippen molar-refractivity contribution in [1.29, 1.82) is 0 Å². The van der Waals surface area contributed by atoms with Crippen molar-refractivity contribution in [2.45, 2.75) is 0 Å². The minimum atomic E-state index is 0.893. The van der Waals surface area contributed by atoms with Crippen molar-refractivity contribution in [1.82, 2.24) is 24.9 Å². The molecule has 0 fully saturated rings. The van der Waals surface area contributed by atoms with Gasteiger partial charge in [-0.05, 0) is 85.9 Å². The van der Waals surface area contributed by atoms with Crippen LogP contribution < -0.4 is 0 Å². The Bertz CT molecular complexity index is 3200. The summed E-state index contributed by atoms with van der Waals surface area (Å²) >= 11 is 0. The third-order valence-corrected chi connectivity index (χ3v) is 10.7. The number of aromatic nitrogens is 5. The molecule has 0 unspecified atom stereocenters. The fourth-order valence-electron chi connectivity index (χ4n) is 7.99. The Morgan fingerprint density at radius 3 is 1.67 bits per heavy atom. The van der Waals surface area contributed by atoms with Gasteiger partial charge < -0.3 is 0 Å². The SMILES string of the molecule is c1cncc(-c2cccc(-c3ccc4ccc5ccc(-c6ccc7ccc8c(-c9ccc(-c%10ccncc%10)nc9)ccc9ccc6c7c98)nc5c4n3)c2)c1. The van der Waals surface area contributed by atoms with Crippen LogP contribution in [0.2, 0.25) is 0 Å². The first-order valence-electron chi connectivity index (χ1n) is 18.0. The molecule has 0 N–H and O–H groups in total. The van der Waals surface area contributed by atoms with Crippen LogP contribution in [0, 0.1) is 0 Å². The van der Waals surface area contributed by atoms with E-state index in [2.05, 4.69) is 137 Å². The van der Waals surface area contributed by atoms with Gasteiger partial charge >= 0.3 is 0 Å². The van der Waals surface area contributed by atoms with Gasteiger partial charge in [0.05, 0.1) is 28.1 Å². The molecule has 5 aromatic heterocycles. The quantitative estimate of drug-likeness (QED) is 0.169. The van der Waals surface area contributed by atoms with E-state index in [-0.39, 0.29) is 0 Å². The summed E-state index contributed by atoms with van der Waals surface area (Å²) in [6, 6.07) is 51.5. The van der Waals surface area contributed by atoms with Crippen LogP contribution >= 0.6 is 0 Å². The van der Waals surface area contributed by atoms with Gasteiger partial charge in [0.15, 0.2) is 0 Å². The summed E-state index contributed by atoms with van der Waals surface area (Å²) in [4.78, 5) is 23.9. The number of fused-ring (bicyclic) bond motifs is 3. The maximum atomic E-state index is 5.37. The molecule has 0 spiro atoms. The van der Waals surface area contributed by atoms with Gasteiger partial charge in [0, 0.05) is 69.6 Å². The second-order valence-corrected chi connectivity index (χ2v) is 13.7. The molecule has 54 heavy (non-hydrogen) atoms. The molecule has 11 aromatic rings. The normalized spacial score (nSPS) is 11.7. The first-order valence-corrected chi connectivity index (χ1v) is 18.0. The molecule has 0 saturated heterocycles. The number of benzene rings is 6. The van der Waals surface area contributed by atoms with Crippen molar-refractivity contribution < 1.29 is 0 Å². The number of pyridine rings is 5. The second-order valence-electron chi connectivity index (χ2n) is 13.7. The standard InChI is InChI=1S/C49H29N5/c1-3-35(37-5-2-24-51-28-37)27-36(4-1)44-20-12-33-6-7-34-13-21-45(54-49(34)48(33)53-44)40-16-9-32-10-17-41-39(15-8-31-11-18-42(40)47(32)46(31)41)38-14-19-43(52-29-38)30-22-25-50-26-23-30/h1-29H. The molecule has 0 saturated carbocycles. The Morgan fingerprint density at radius 1 is 0.333 bits per heavy atom. The minimum absolute atomic E-state index is 0.893. The number of hydrogen-bond acceptors (Lipinski definition) is 5. The lowest BCUT2D eigenvalue weighted by molar-refractivity contribution is 1.29. The highest BCUT2D eigenvalue weighted by Crippen LogP contribution is 2.42. The third-order valence-electron chi connectivity index (χ3n) is 10.7. The molecule has 0 amide bonds. The van der Waals surface area contributed by atoms with E-state index >= 15 is 0 Å². The molecule has 0 aliphatic carbocycles. The van der Waals surface area contributed by atoms with Gasteiger partial charge in [-0.2, -0.15) is 0 Å².